The van der Waals surface area contributed by atoms with Gasteiger partial charge in [-0.05, 0) is 84.6 Å². The van der Waals surface area contributed by atoms with Crippen LogP contribution < -0.4 is 11.5 Å². The summed E-state index contributed by atoms with van der Waals surface area (Å²) >= 11 is 0. The van der Waals surface area contributed by atoms with Crippen molar-refractivity contribution < 1.29 is 46.1 Å². The monoisotopic (exact) mass is 618 g/mol. The van der Waals surface area contributed by atoms with Crippen molar-refractivity contribution in [2.45, 2.75) is 37.0 Å². The van der Waals surface area contributed by atoms with Crippen LogP contribution in [0.5, 0.6) is 0 Å². The van der Waals surface area contributed by atoms with Gasteiger partial charge < -0.3 is 21.7 Å². The minimum absolute atomic E-state index is 0.0931. The molecule has 0 unspecified atom stereocenters. The highest BCUT2D eigenvalue weighted by molar-refractivity contribution is 5.88. The number of anilines is 2. The Morgan fingerprint density at radius 3 is 1.07 bits per heavy atom. The smallest absolute Gasteiger partial charge is 0.402 e. The lowest BCUT2D eigenvalue weighted by molar-refractivity contribution is -0.173. The third-order valence-corrected chi connectivity index (χ3v) is 7.48. The molecular formula is C32H28F6N2O4. The van der Waals surface area contributed by atoms with E-state index in [-0.39, 0.29) is 33.4 Å². The minimum atomic E-state index is -4.66. The first-order valence-corrected chi connectivity index (χ1v) is 12.9. The molecule has 0 spiro atoms. The SMILES string of the molecule is CC(c1ccc(C(=O)O)cc1)(c1ccc(C(=O)O)cc1)C(F)(F)F.CC(c1cccc(N)c1)(c1cccc(N)c1)C(F)(F)F. The first-order chi connectivity index (χ1) is 20.3. The summed E-state index contributed by atoms with van der Waals surface area (Å²) in [4.78, 5) is 21.7. The van der Waals surface area contributed by atoms with Crippen LogP contribution in [0.2, 0.25) is 0 Å². The number of halogens is 6. The fourth-order valence-electron chi connectivity index (χ4n) is 4.58. The van der Waals surface area contributed by atoms with Gasteiger partial charge in [-0.15, -0.1) is 0 Å². The molecule has 0 aliphatic carbocycles. The van der Waals surface area contributed by atoms with Gasteiger partial charge in [0.25, 0.3) is 0 Å². The van der Waals surface area contributed by atoms with Crippen LogP contribution in [0.15, 0.2) is 97.1 Å². The van der Waals surface area contributed by atoms with Gasteiger partial charge in [-0.25, -0.2) is 9.59 Å². The second-order valence-corrected chi connectivity index (χ2v) is 10.3. The molecule has 0 bridgehead atoms. The highest BCUT2D eigenvalue weighted by Crippen LogP contribution is 2.47. The summed E-state index contributed by atoms with van der Waals surface area (Å²) in [5.41, 5.74) is 6.93. The molecule has 12 heteroatoms. The fraction of sp³-hybridized carbons (Fsp3) is 0.188. The van der Waals surface area contributed by atoms with E-state index in [0.717, 1.165) is 62.4 Å². The number of nitrogens with two attached hydrogens (primary N) is 2. The quantitative estimate of drug-likeness (QED) is 0.130. The second-order valence-electron chi connectivity index (χ2n) is 10.3. The molecule has 4 aromatic carbocycles. The molecule has 4 rings (SSSR count). The Morgan fingerprint density at radius 2 is 0.818 bits per heavy atom. The van der Waals surface area contributed by atoms with Gasteiger partial charge in [0, 0.05) is 11.4 Å². The number of carboxylic acid groups (broad SMARTS) is 2. The average Bonchev–Trinajstić information content (AvgIpc) is 2.95. The summed E-state index contributed by atoms with van der Waals surface area (Å²) in [6.45, 7) is 2.11. The molecule has 0 saturated carbocycles. The normalized spacial score (nSPS) is 12.2. The van der Waals surface area contributed by atoms with Crippen LogP contribution in [0, 0.1) is 0 Å². The third kappa shape index (κ3) is 6.64. The molecule has 4 aromatic rings. The number of hydrogen-bond donors (Lipinski definition) is 4. The summed E-state index contributed by atoms with van der Waals surface area (Å²) in [7, 11) is 0. The fourth-order valence-corrected chi connectivity index (χ4v) is 4.58. The van der Waals surface area contributed by atoms with Crippen molar-refractivity contribution in [3.05, 3.63) is 130 Å². The molecule has 0 atom stereocenters. The summed E-state index contributed by atoms with van der Waals surface area (Å²) in [5, 5.41) is 17.7. The molecule has 0 aromatic heterocycles. The van der Waals surface area contributed by atoms with Gasteiger partial charge in [-0.2, -0.15) is 26.3 Å². The van der Waals surface area contributed by atoms with Gasteiger partial charge in [-0.1, -0.05) is 48.5 Å². The number of aromatic carboxylic acids is 2. The first kappa shape index (κ1) is 33.5. The van der Waals surface area contributed by atoms with E-state index in [1.54, 1.807) is 12.1 Å². The zero-order chi connectivity index (χ0) is 33.1. The topological polar surface area (TPSA) is 127 Å². The van der Waals surface area contributed by atoms with Gasteiger partial charge in [0.05, 0.1) is 11.1 Å². The van der Waals surface area contributed by atoms with E-state index in [4.69, 9.17) is 21.7 Å². The highest BCUT2D eigenvalue weighted by atomic mass is 19.4. The van der Waals surface area contributed by atoms with E-state index in [1.165, 1.54) is 36.4 Å². The highest BCUT2D eigenvalue weighted by Gasteiger charge is 2.54. The molecule has 0 fully saturated rings. The predicted octanol–water partition coefficient (Wildman–Crippen LogP) is 7.67. The lowest BCUT2D eigenvalue weighted by Gasteiger charge is -2.33. The lowest BCUT2D eigenvalue weighted by Crippen LogP contribution is -2.40. The minimum Gasteiger partial charge on any atom is -0.478 e. The van der Waals surface area contributed by atoms with Crippen molar-refractivity contribution in [2.75, 3.05) is 11.5 Å². The van der Waals surface area contributed by atoms with E-state index in [9.17, 15) is 35.9 Å². The molecule has 232 valence electrons. The number of benzene rings is 4. The zero-order valence-corrected chi connectivity index (χ0v) is 23.4. The standard InChI is InChI=1S/C17H13F3O4.C15H15F3N2/c1-16(17(18,19)20,12-6-2-10(3-7-12)14(21)22)13-8-4-11(5-9-13)15(23)24;1-14(15(16,17)18,10-4-2-6-12(19)8-10)11-5-3-7-13(20)9-11/h2-9H,1H3,(H,21,22)(H,23,24);2-9H,19-20H2,1H3. The Labute approximate surface area is 248 Å². The Balaban J connectivity index is 0.000000244. The van der Waals surface area contributed by atoms with E-state index in [0.29, 0.717) is 11.4 Å². The summed E-state index contributed by atoms with van der Waals surface area (Å²) in [6, 6.07) is 20.5. The summed E-state index contributed by atoms with van der Waals surface area (Å²) in [5.74, 6) is -2.47. The summed E-state index contributed by atoms with van der Waals surface area (Å²) < 4.78 is 82.3. The second kappa shape index (κ2) is 12.3. The van der Waals surface area contributed by atoms with Crippen molar-refractivity contribution in [3.8, 4) is 0 Å². The number of carboxylic acids is 2. The maximum Gasteiger partial charge on any atom is 0.402 e. The molecule has 0 heterocycles. The maximum absolute atomic E-state index is 13.8. The predicted molar refractivity (Wildman–Crippen MR) is 154 cm³/mol. The maximum atomic E-state index is 13.8. The average molecular weight is 619 g/mol. The molecule has 6 nitrogen and oxygen atoms in total. The Morgan fingerprint density at radius 1 is 0.523 bits per heavy atom. The number of rotatable bonds is 6. The number of carbonyl (C=O) groups is 2. The molecular weight excluding hydrogens is 590 g/mol. The largest absolute Gasteiger partial charge is 0.478 e. The number of nitrogen functional groups attached to an aromatic ring is 2. The zero-order valence-electron chi connectivity index (χ0n) is 23.4. The van der Waals surface area contributed by atoms with Gasteiger partial charge in [0.15, 0.2) is 0 Å². The molecule has 44 heavy (non-hydrogen) atoms. The van der Waals surface area contributed by atoms with Crippen molar-refractivity contribution in [2.24, 2.45) is 0 Å². The lowest BCUT2D eigenvalue weighted by atomic mass is 9.75. The molecule has 6 N–H and O–H groups in total. The van der Waals surface area contributed by atoms with Crippen LogP contribution >= 0.6 is 0 Å². The van der Waals surface area contributed by atoms with E-state index in [1.807, 2.05) is 0 Å². The first-order valence-electron chi connectivity index (χ1n) is 12.9. The van der Waals surface area contributed by atoms with Crippen LogP contribution in [0.25, 0.3) is 0 Å². The van der Waals surface area contributed by atoms with Gasteiger partial charge in [0.2, 0.25) is 0 Å². The van der Waals surface area contributed by atoms with Gasteiger partial charge in [-0.3, -0.25) is 0 Å². The molecule has 0 saturated heterocycles. The van der Waals surface area contributed by atoms with Crippen molar-refractivity contribution >= 4 is 23.3 Å². The van der Waals surface area contributed by atoms with E-state index < -0.39 is 35.1 Å². The van der Waals surface area contributed by atoms with Crippen LogP contribution in [0.4, 0.5) is 37.7 Å². The van der Waals surface area contributed by atoms with Gasteiger partial charge >= 0.3 is 24.3 Å². The molecule has 0 aliphatic rings. The number of alkyl halides is 6. The van der Waals surface area contributed by atoms with Crippen molar-refractivity contribution in [1.29, 1.82) is 0 Å². The van der Waals surface area contributed by atoms with Crippen LogP contribution in [0.3, 0.4) is 0 Å². The Bertz CT molecular complexity index is 1530. The van der Waals surface area contributed by atoms with E-state index >= 15 is 0 Å². The number of hydrogen-bond acceptors (Lipinski definition) is 4. The van der Waals surface area contributed by atoms with Crippen LogP contribution in [0.1, 0.15) is 56.8 Å². The van der Waals surface area contributed by atoms with Crippen LogP contribution in [-0.4, -0.2) is 34.5 Å². The molecule has 0 radical (unpaired) electrons. The van der Waals surface area contributed by atoms with Crippen LogP contribution in [-0.2, 0) is 10.8 Å². The Hall–Kier alpha value is -5.00. The third-order valence-electron chi connectivity index (χ3n) is 7.48. The van der Waals surface area contributed by atoms with Crippen molar-refractivity contribution in [1.82, 2.24) is 0 Å². The van der Waals surface area contributed by atoms with Gasteiger partial charge in [0.1, 0.15) is 10.8 Å². The van der Waals surface area contributed by atoms with E-state index in [2.05, 4.69) is 0 Å². The molecule has 0 aliphatic heterocycles. The molecule has 0 amide bonds. The Kier molecular flexibility index (Phi) is 9.38. The van der Waals surface area contributed by atoms with Crippen molar-refractivity contribution in [3.63, 3.8) is 0 Å². The summed E-state index contributed by atoms with van der Waals surface area (Å²) in [6.07, 6.45) is -9.13.